The molecule has 0 saturated heterocycles. The molecule has 1 aliphatic carbocycles. The molecule has 1 aliphatic rings. The number of halogens is 1. The Labute approximate surface area is 129 Å². The third kappa shape index (κ3) is 3.39. The molecule has 0 amide bonds. The lowest BCUT2D eigenvalue weighted by atomic mass is 9.87. The standard InChI is InChI=1S/C14H18ClNO4S/c1-10-4-5-11(15)8-12(10)21(19,20)16-9-14(13(17)18)6-2-3-7-14/h4-5,8,16H,2-3,6-7,9H2,1H3,(H,17,18). The number of sulfonamides is 1. The van der Waals surface area contributed by atoms with E-state index in [2.05, 4.69) is 4.72 Å². The van der Waals surface area contributed by atoms with Crippen LogP contribution in [0.15, 0.2) is 23.1 Å². The van der Waals surface area contributed by atoms with Gasteiger partial charge in [0.05, 0.1) is 10.3 Å². The van der Waals surface area contributed by atoms with E-state index in [4.69, 9.17) is 11.6 Å². The van der Waals surface area contributed by atoms with Crippen molar-refractivity contribution in [1.82, 2.24) is 4.72 Å². The van der Waals surface area contributed by atoms with E-state index in [0.717, 1.165) is 12.8 Å². The summed E-state index contributed by atoms with van der Waals surface area (Å²) in [6, 6.07) is 4.62. The highest BCUT2D eigenvalue weighted by Gasteiger charge is 2.42. The van der Waals surface area contributed by atoms with Crippen LogP contribution in [0.25, 0.3) is 0 Å². The van der Waals surface area contributed by atoms with Gasteiger partial charge < -0.3 is 5.11 Å². The van der Waals surface area contributed by atoms with Crippen LogP contribution in [-0.2, 0) is 14.8 Å². The van der Waals surface area contributed by atoms with Crippen molar-refractivity contribution in [2.75, 3.05) is 6.54 Å². The van der Waals surface area contributed by atoms with Crippen molar-refractivity contribution in [3.63, 3.8) is 0 Å². The van der Waals surface area contributed by atoms with Gasteiger partial charge in [-0.1, -0.05) is 30.5 Å². The van der Waals surface area contributed by atoms with Crippen molar-refractivity contribution >= 4 is 27.6 Å². The van der Waals surface area contributed by atoms with Gasteiger partial charge in [-0.25, -0.2) is 13.1 Å². The molecule has 0 radical (unpaired) electrons. The van der Waals surface area contributed by atoms with Gasteiger partial charge in [0, 0.05) is 11.6 Å². The molecule has 21 heavy (non-hydrogen) atoms. The smallest absolute Gasteiger partial charge is 0.310 e. The van der Waals surface area contributed by atoms with Gasteiger partial charge in [-0.15, -0.1) is 0 Å². The first-order chi connectivity index (χ1) is 9.77. The second-order valence-corrected chi connectivity index (χ2v) is 7.70. The molecule has 0 spiro atoms. The molecule has 0 bridgehead atoms. The van der Waals surface area contributed by atoms with Crippen LogP contribution in [0.2, 0.25) is 5.02 Å². The van der Waals surface area contributed by atoms with Gasteiger partial charge in [-0.3, -0.25) is 4.79 Å². The summed E-state index contributed by atoms with van der Waals surface area (Å²) in [5.41, 5.74) is -0.415. The first-order valence-corrected chi connectivity index (χ1v) is 8.62. The van der Waals surface area contributed by atoms with Crippen LogP contribution in [0.3, 0.4) is 0 Å². The molecule has 0 atom stereocenters. The minimum absolute atomic E-state index is 0.0867. The number of benzene rings is 1. The van der Waals surface area contributed by atoms with E-state index in [1.807, 2.05) is 0 Å². The van der Waals surface area contributed by atoms with Gasteiger partial charge in [0.15, 0.2) is 0 Å². The van der Waals surface area contributed by atoms with Crippen LogP contribution < -0.4 is 4.72 Å². The highest BCUT2D eigenvalue weighted by atomic mass is 35.5. The third-order valence-corrected chi connectivity index (χ3v) is 5.83. The summed E-state index contributed by atoms with van der Waals surface area (Å²) in [5.74, 6) is -0.939. The average Bonchev–Trinajstić information content (AvgIpc) is 2.89. The van der Waals surface area contributed by atoms with E-state index < -0.39 is 21.4 Å². The molecule has 0 aliphatic heterocycles. The summed E-state index contributed by atoms with van der Waals surface area (Å²) in [5, 5.41) is 9.70. The van der Waals surface area contributed by atoms with E-state index in [1.165, 1.54) is 6.07 Å². The second-order valence-electron chi connectivity index (χ2n) is 5.53. The number of carboxylic acids is 1. The molecule has 5 nitrogen and oxygen atoms in total. The number of aliphatic carboxylic acids is 1. The summed E-state index contributed by atoms with van der Waals surface area (Å²) in [7, 11) is -3.77. The fourth-order valence-corrected chi connectivity index (χ4v) is 4.33. The molecular formula is C14H18ClNO4S. The van der Waals surface area contributed by atoms with Crippen LogP contribution in [0, 0.1) is 12.3 Å². The first kappa shape index (κ1) is 16.3. The Kier molecular flexibility index (Phi) is 4.60. The van der Waals surface area contributed by atoms with Crippen molar-refractivity contribution in [2.24, 2.45) is 5.41 Å². The molecule has 0 aromatic heterocycles. The molecule has 1 saturated carbocycles. The molecule has 116 valence electrons. The number of rotatable bonds is 5. The Morgan fingerprint density at radius 1 is 1.38 bits per heavy atom. The van der Waals surface area contributed by atoms with Crippen LogP contribution in [-0.4, -0.2) is 26.0 Å². The van der Waals surface area contributed by atoms with E-state index in [9.17, 15) is 18.3 Å². The molecule has 0 heterocycles. The van der Waals surface area contributed by atoms with E-state index in [1.54, 1.807) is 19.1 Å². The van der Waals surface area contributed by atoms with Crippen molar-refractivity contribution in [3.8, 4) is 0 Å². The molecule has 7 heteroatoms. The van der Waals surface area contributed by atoms with Gasteiger partial charge in [-0.05, 0) is 37.5 Å². The molecule has 2 N–H and O–H groups in total. The molecule has 1 aromatic rings. The number of nitrogens with one attached hydrogen (secondary N) is 1. The zero-order chi connectivity index (χ0) is 15.7. The lowest BCUT2D eigenvalue weighted by molar-refractivity contribution is -0.148. The SMILES string of the molecule is Cc1ccc(Cl)cc1S(=O)(=O)NCC1(C(=O)O)CCCC1. The predicted octanol–water partition coefficient (Wildman–Crippen LogP) is 2.57. The number of carbonyl (C=O) groups is 1. The zero-order valence-electron chi connectivity index (χ0n) is 11.7. The van der Waals surface area contributed by atoms with E-state index in [-0.39, 0.29) is 11.4 Å². The maximum atomic E-state index is 12.4. The maximum absolute atomic E-state index is 12.4. The Morgan fingerprint density at radius 2 is 2.00 bits per heavy atom. The topological polar surface area (TPSA) is 83.5 Å². The summed E-state index contributed by atoms with van der Waals surface area (Å²) < 4.78 is 27.2. The highest BCUT2D eigenvalue weighted by molar-refractivity contribution is 7.89. The van der Waals surface area contributed by atoms with Crippen molar-refractivity contribution in [1.29, 1.82) is 0 Å². The number of hydrogen-bond donors (Lipinski definition) is 2. The van der Waals surface area contributed by atoms with Crippen molar-refractivity contribution in [3.05, 3.63) is 28.8 Å². The van der Waals surface area contributed by atoms with Crippen molar-refractivity contribution < 1.29 is 18.3 Å². The monoisotopic (exact) mass is 331 g/mol. The average molecular weight is 332 g/mol. The zero-order valence-corrected chi connectivity index (χ0v) is 13.3. The Morgan fingerprint density at radius 3 is 2.57 bits per heavy atom. The quantitative estimate of drug-likeness (QED) is 0.868. The van der Waals surface area contributed by atoms with E-state index in [0.29, 0.717) is 23.4 Å². The Balaban J connectivity index is 2.22. The lowest BCUT2D eigenvalue weighted by Crippen LogP contribution is -2.41. The number of hydrogen-bond acceptors (Lipinski definition) is 3. The highest BCUT2D eigenvalue weighted by Crippen LogP contribution is 2.38. The van der Waals surface area contributed by atoms with Gasteiger partial charge >= 0.3 is 5.97 Å². The molecule has 1 aromatic carbocycles. The van der Waals surface area contributed by atoms with Crippen LogP contribution in [0.1, 0.15) is 31.2 Å². The normalized spacial score (nSPS) is 17.8. The predicted molar refractivity (Wildman–Crippen MR) is 79.9 cm³/mol. The minimum atomic E-state index is -3.77. The summed E-state index contributed by atoms with van der Waals surface area (Å²) in [6.45, 7) is 1.59. The van der Waals surface area contributed by atoms with Crippen LogP contribution >= 0.6 is 11.6 Å². The fraction of sp³-hybridized carbons (Fsp3) is 0.500. The summed E-state index contributed by atoms with van der Waals surface area (Å²) in [4.78, 5) is 11.5. The maximum Gasteiger partial charge on any atom is 0.310 e. The van der Waals surface area contributed by atoms with Crippen LogP contribution in [0.4, 0.5) is 0 Å². The summed E-state index contributed by atoms with van der Waals surface area (Å²) >= 11 is 5.84. The lowest BCUT2D eigenvalue weighted by Gasteiger charge is -2.24. The summed E-state index contributed by atoms with van der Waals surface area (Å²) in [6.07, 6.45) is 2.62. The van der Waals surface area contributed by atoms with E-state index >= 15 is 0 Å². The van der Waals surface area contributed by atoms with Gasteiger partial charge in [0.1, 0.15) is 0 Å². The molecule has 0 unspecified atom stereocenters. The Hall–Kier alpha value is -1.11. The fourth-order valence-electron chi connectivity index (χ4n) is 2.69. The minimum Gasteiger partial charge on any atom is -0.481 e. The van der Waals surface area contributed by atoms with Crippen LogP contribution in [0.5, 0.6) is 0 Å². The van der Waals surface area contributed by atoms with Crippen molar-refractivity contribution in [2.45, 2.75) is 37.5 Å². The van der Waals surface area contributed by atoms with Gasteiger partial charge in [0.2, 0.25) is 10.0 Å². The van der Waals surface area contributed by atoms with Gasteiger partial charge in [-0.2, -0.15) is 0 Å². The number of aryl methyl sites for hydroxylation is 1. The molecular weight excluding hydrogens is 314 g/mol. The molecule has 2 rings (SSSR count). The third-order valence-electron chi connectivity index (χ3n) is 4.05. The first-order valence-electron chi connectivity index (χ1n) is 6.76. The van der Waals surface area contributed by atoms with Gasteiger partial charge in [0.25, 0.3) is 0 Å². The largest absolute Gasteiger partial charge is 0.481 e. The molecule has 1 fully saturated rings. The Bertz CT molecular complexity index is 651. The second kappa shape index (κ2) is 5.94. The number of carboxylic acid groups (broad SMARTS) is 1.